The largest absolute Gasteiger partial charge is 0.375 e. The summed E-state index contributed by atoms with van der Waals surface area (Å²) in [5.41, 5.74) is 2.53. The fourth-order valence-electron chi connectivity index (χ4n) is 7.50. The number of rotatable bonds is 16. The Hall–Kier alpha value is -3.14. The van der Waals surface area contributed by atoms with E-state index < -0.39 is 5.60 Å². The standard InChI is InChI=1S/C43H54O7/c1-4-16-35-37(24-15-25-45-35)48-39-27-41(47-30-34-22-13-8-14-23-34)43(3)42(49-36(39)17-5-2)26-38(46-29-33-20-11-7-12-21-33)40(50-43)31-44-28-32-18-9-6-10-19-32/h4-14,18-23,35-42H,1-2,15-17,24-31H2,3H3/t35-,36+,37+,38+,39-,40-,41-,42-,43+/m1/s1. The molecule has 3 aliphatic heterocycles. The van der Waals surface area contributed by atoms with Gasteiger partial charge in [-0.3, -0.25) is 0 Å². The molecule has 3 fully saturated rings. The van der Waals surface area contributed by atoms with Gasteiger partial charge in [0.1, 0.15) is 11.7 Å². The van der Waals surface area contributed by atoms with E-state index in [9.17, 15) is 0 Å². The van der Waals surface area contributed by atoms with Crippen molar-refractivity contribution >= 4 is 0 Å². The normalized spacial score (nSPS) is 31.3. The van der Waals surface area contributed by atoms with Gasteiger partial charge in [-0.25, -0.2) is 0 Å². The highest BCUT2D eigenvalue weighted by Gasteiger charge is 2.56. The van der Waals surface area contributed by atoms with Gasteiger partial charge in [-0.2, -0.15) is 0 Å². The van der Waals surface area contributed by atoms with Gasteiger partial charge in [-0.1, -0.05) is 103 Å². The zero-order valence-electron chi connectivity index (χ0n) is 29.5. The molecular weight excluding hydrogens is 628 g/mol. The summed E-state index contributed by atoms with van der Waals surface area (Å²) in [4.78, 5) is 0. The molecule has 0 N–H and O–H groups in total. The summed E-state index contributed by atoms with van der Waals surface area (Å²) in [7, 11) is 0. The predicted molar refractivity (Wildman–Crippen MR) is 195 cm³/mol. The number of benzene rings is 3. The Kier molecular flexibility index (Phi) is 13.5. The van der Waals surface area contributed by atoms with Crippen LogP contribution < -0.4 is 0 Å². The summed E-state index contributed by atoms with van der Waals surface area (Å²) in [5.74, 6) is 0. The van der Waals surface area contributed by atoms with E-state index in [2.05, 4.69) is 56.5 Å². The lowest BCUT2D eigenvalue weighted by molar-refractivity contribution is -0.284. The molecule has 0 amide bonds. The Bertz CT molecular complexity index is 1440. The lowest BCUT2D eigenvalue weighted by Crippen LogP contribution is -2.62. The highest BCUT2D eigenvalue weighted by molar-refractivity contribution is 5.16. The van der Waals surface area contributed by atoms with Crippen molar-refractivity contribution in [1.29, 1.82) is 0 Å². The lowest BCUT2D eigenvalue weighted by Gasteiger charge is -2.50. The third-order valence-electron chi connectivity index (χ3n) is 10.3. The summed E-state index contributed by atoms with van der Waals surface area (Å²) in [6.07, 6.45) is 6.50. The zero-order valence-corrected chi connectivity index (χ0v) is 29.5. The van der Waals surface area contributed by atoms with Crippen LogP contribution in [0.4, 0.5) is 0 Å². The molecule has 0 radical (unpaired) electrons. The van der Waals surface area contributed by atoms with Gasteiger partial charge in [0.2, 0.25) is 0 Å². The molecule has 9 atom stereocenters. The first-order valence-corrected chi connectivity index (χ1v) is 18.3. The summed E-state index contributed by atoms with van der Waals surface area (Å²) in [6.45, 7) is 12.7. The maximum atomic E-state index is 7.20. The number of fused-ring (bicyclic) bond motifs is 1. The van der Waals surface area contributed by atoms with Crippen LogP contribution in [0.2, 0.25) is 0 Å². The highest BCUT2D eigenvalue weighted by Crippen LogP contribution is 2.43. The summed E-state index contributed by atoms with van der Waals surface area (Å²) < 4.78 is 47.4. The predicted octanol–water partition coefficient (Wildman–Crippen LogP) is 8.16. The topological polar surface area (TPSA) is 64.6 Å². The van der Waals surface area contributed by atoms with Crippen molar-refractivity contribution in [3.63, 3.8) is 0 Å². The number of hydrogen-bond acceptors (Lipinski definition) is 7. The molecule has 3 heterocycles. The summed E-state index contributed by atoms with van der Waals surface area (Å²) in [5, 5.41) is 0. The average molecular weight is 683 g/mol. The second-order valence-electron chi connectivity index (χ2n) is 13.9. The van der Waals surface area contributed by atoms with Gasteiger partial charge in [0.25, 0.3) is 0 Å². The Morgan fingerprint density at radius 2 is 1.30 bits per heavy atom. The lowest BCUT2D eigenvalue weighted by atomic mass is 9.82. The Morgan fingerprint density at radius 1 is 0.700 bits per heavy atom. The van der Waals surface area contributed by atoms with Crippen LogP contribution in [0, 0.1) is 0 Å². The number of ether oxygens (including phenoxy) is 7. The molecule has 3 saturated heterocycles. The van der Waals surface area contributed by atoms with Crippen molar-refractivity contribution in [2.75, 3.05) is 13.2 Å². The van der Waals surface area contributed by atoms with Gasteiger partial charge < -0.3 is 33.2 Å². The van der Waals surface area contributed by atoms with E-state index in [1.807, 2.05) is 66.7 Å². The molecule has 50 heavy (non-hydrogen) atoms. The van der Waals surface area contributed by atoms with E-state index in [1.54, 1.807) is 0 Å². The van der Waals surface area contributed by atoms with Crippen LogP contribution in [0.3, 0.4) is 0 Å². The smallest absolute Gasteiger partial charge is 0.118 e. The van der Waals surface area contributed by atoms with Crippen molar-refractivity contribution < 1.29 is 33.2 Å². The first-order chi connectivity index (χ1) is 24.6. The highest BCUT2D eigenvalue weighted by atomic mass is 16.6. The molecule has 268 valence electrons. The van der Waals surface area contributed by atoms with Gasteiger partial charge in [0, 0.05) is 19.4 Å². The fraction of sp³-hybridized carbons (Fsp3) is 0.488. The first kappa shape index (κ1) is 36.6. The monoisotopic (exact) mass is 682 g/mol. The van der Waals surface area contributed by atoms with Crippen LogP contribution in [-0.4, -0.2) is 67.6 Å². The third kappa shape index (κ3) is 9.59. The van der Waals surface area contributed by atoms with Crippen LogP contribution in [-0.2, 0) is 53.0 Å². The molecule has 3 aromatic carbocycles. The average Bonchev–Trinajstić information content (AvgIpc) is 3.25. The first-order valence-electron chi connectivity index (χ1n) is 18.3. The zero-order chi connectivity index (χ0) is 34.6. The van der Waals surface area contributed by atoms with Crippen LogP contribution in [0.5, 0.6) is 0 Å². The fourth-order valence-corrected chi connectivity index (χ4v) is 7.50. The van der Waals surface area contributed by atoms with E-state index in [1.165, 1.54) is 0 Å². The van der Waals surface area contributed by atoms with E-state index in [4.69, 9.17) is 33.2 Å². The molecule has 0 saturated carbocycles. The van der Waals surface area contributed by atoms with E-state index in [0.29, 0.717) is 45.7 Å². The molecule has 3 aromatic rings. The summed E-state index contributed by atoms with van der Waals surface area (Å²) in [6, 6.07) is 30.8. The molecule has 6 rings (SSSR count). The van der Waals surface area contributed by atoms with Gasteiger partial charge in [0.15, 0.2) is 0 Å². The van der Waals surface area contributed by atoms with Crippen LogP contribution in [0.15, 0.2) is 116 Å². The van der Waals surface area contributed by atoms with Gasteiger partial charge in [-0.15, -0.1) is 13.2 Å². The van der Waals surface area contributed by atoms with Crippen molar-refractivity contribution in [2.45, 2.75) is 120 Å². The van der Waals surface area contributed by atoms with Crippen molar-refractivity contribution in [3.05, 3.63) is 133 Å². The van der Waals surface area contributed by atoms with E-state index in [-0.39, 0.29) is 48.8 Å². The minimum absolute atomic E-state index is 0.0337. The molecular formula is C43H54O7. The van der Waals surface area contributed by atoms with Crippen LogP contribution in [0.25, 0.3) is 0 Å². The van der Waals surface area contributed by atoms with Gasteiger partial charge >= 0.3 is 0 Å². The number of hydrogen-bond donors (Lipinski definition) is 0. The minimum Gasteiger partial charge on any atom is -0.375 e. The van der Waals surface area contributed by atoms with E-state index >= 15 is 0 Å². The molecule has 0 spiro atoms. The Labute approximate surface area is 298 Å². The maximum absolute atomic E-state index is 7.20. The van der Waals surface area contributed by atoms with Crippen LogP contribution in [0.1, 0.15) is 62.1 Å². The third-order valence-corrected chi connectivity index (χ3v) is 10.3. The molecule has 7 heteroatoms. The quantitative estimate of drug-likeness (QED) is 0.141. The molecule has 0 unspecified atom stereocenters. The Morgan fingerprint density at radius 3 is 1.94 bits per heavy atom. The molecule has 0 aromatic heterocycles. The molecule has 0 aliphatic carbocycles. The van der Waals surface area contributed by atoms with Crippen molar-refractivity contribution in [3.8, 4) is 0 Å². The minimum atomic E-state index is -0.802. The molecule has 3 aliphatic rings. The van der Waals surface area contributed by atoms with Crippen LogP contribution >= 0.6 is 0 Å². The Balaban J connectivity index is 1.28. The maximum Gasteiger partial charge on any atom is 0.118 e. The van der Waals surface area contributed by atoms with Crippen molar-refractivity contribution in [1.82, 2.24) is 0 Å². The molecule has 7 nitrogen and oxygen atoms in total. The van der Waals surface area contributed by atoms with E-state index in [0.717, 1.165) is 42.6 Å². The summed E-state index contributed by atoms with van der Waals surface area (Å²) >= 11 is 0. The second kappa shape index (κ2) is 18.4. The molecule has 0 bridgehead atoms. The SMILES string of the molecule is C=CC[C@@H]1O[C@@H]2C[C@H](OCc3ccccc3)[C@@H](COCc3ccccc3)O[C@@]2(C)[C@H](OCc2ccccc2)C[C@H]1O[C@H]1CCCO[C@@H]1CC=C. The second-order valence-corrected chi connectivity index (χ2v) is 13.9. The van der Waals surface area contributed by atoms with Gasteiger partial charge in [0.05, 0.1) is 69.2 Å². The van der Waals surface area contributed by atoms with Crippen molar-refractivity contribution in [2.24, 2.45) is 0 Å². The van der Waals surface area contributed by atoms with Gasteiger partial charge in [-0.05, 0) is 49.3 Å².